The van der Waals surface area contributed by atoms with Gasteiger partial charge >= 0.3 is 0 Å². The summed E-state index contributed by atoms with van der Waals surface area (Å²) in [5, 5.41) is 3.72. The summed E-state index contributed by atoms with van der Waals surface area (Å²) in [4.78, 5) is 30.9. The lowest BCUT2D eigenvalue weighted by Crippen LogP contribution is -2.40. The van der Waals surface area contributed by atoms with Gasteiger partial charge in [-0.25, -0.2) is 4.39 Å². The van der Waals surface area contributed by atoms with Crippen LogP contribution >= 0.6 is 0 Å². The van der Waals surface area contributed by atoms with Crippen LogP contribution in [-0.2, 0) is 4.79 Å². The van der Waals surface area contributed by atoms with Gasteiger partial charge in [0.1, 0.15) is 5.83 Å². The Kier molecular flexibility index (Phi) is 8.03. The molecule has 0 saturated carbocycles. The van der Waals surface area contributed by atoms with Gasteiger partial charge in [-0.15, -0.1) is 0 Å². The molecule has 1 atom stereocenters. The molecule has 1 aromatic heterocycles. The minimum Gasteiger partial charge on any atom is -0.364 e. The molecule has 1 unspecified atom stereocenters. The zero-order valence-corrected chi connectivity index (χ0v) is 19.1. The Balaban J connectivity index is 1.86. The lowest BCUT2D eigenvalue weighted by atomic mass is 9.92. The first-order valence-electron chi connectivity index (χ1n) is 11.3. The van der Waals surface area contributed by atoms with Gasteiger partial charge in [0.15, 0.2) is 0 Å². The predicted octanol–water partition coefficient (Wildman–Crippen LogP) is 3.73. The quantitative estimate of drug-likeness (QED) is 0.535. The van der Waals surface area contributed by atoms with Gasteiger partial charge in [-0.3, -0.25) is 9.59 Å². The molecule has 32 heavy (non-hydrogen) atoms. The second kappa shape index (κ2) is 10.9. The number of Topliss-reactive ketones (excluding diaryl/α,β-unsaturated/α-hetero) is 1. The van der Waals surface area contributed by atoms with Crippen LogP contribution in [0.15, 0.2) is 48.8 Å². The number of amides is 1. The maximum atomic E-state index is 14.8. The first-order valence-corrected chi connectivity index (χ1v) is 11.3. The van der Waals surface area contributed by atoms with Crippen LogP contribution in [0.3, 0.4) is 0 Å². The van der Waals surface area contributed by atoms with Crippen LogP contribution in [0.4, 0.5) is 4.39 Å². The first-order chi connectivity index (χ1) is 15.5. The molecule has 1 fully saturated rings. The Bertz CT molecular complexity index is 1100. The normalized spacial score (nSPS) is 18.9. The highest BCUT2D eigenvalue weighted by Crippen LogP contribution is 2.28. The summed E-state index contributed by atoms with van der Waals surface area (Å²) in [6.45, 7) is 6.41. The highest BCUT2D eigenvalue weighted by molar-refractivity contribution is 6.42. The average molecular weight is 438 g/mol. The largest absolute Gasteiger partial charge is 0.364 e. The number of hydrogen-bond donors (Lipinski definition) is 2. The topological polar surface area (TPSA) is 65.2 Å². The van der Waals surface area contributed by atoms with Gasteiger partial charge in [-0.2, -0.15) is 0 Å². The second-order valence-electron chi connectivity index (χ2n) is 8.14. The number of benzene rings is 1. The van der Waals surface area contributed by atoms with Gasteiger partial charge in [-0.05, 0) is 57.2 Å². The first kappa shape index (κ1) is 23.5. The number of halogens is 1. The number of nitrogens with zero attached hydrogens (tertiary/aromatic N) is 1. The third-order valence-electron chi connectivity index (χ3n) is 6.03. The number of carbonyl (C=O) groups excluding carboxylic acids is 2. The molecule has 0 radical (unpaired) electrons. The van der Waals surface area contributed by atoms with Crippen LogP contribution in [0.25, 0.3) is 11.5 Å². The van der Waals surface area contributed by atoms with Crippen molar-refractivity contribution in [3.8, 4) is 0 Å². The van der Waals surface area contributed by atoms with Crippen molar-refractivity contribution in [1.82, 2.24) is 15.2 Å². The Morgan fingerprint density at radius 3 is 2.66 bits per heavy atom. The average Bonchev–Trinajstić information content (AvgIpc) is 3.12. The zero-order valence-electron chi connectivity index (χ0n) is 19.1. The molecule has 2 heterocycles. The molecule has 0 aliphatic carbocycles. The number of nitrogens with one attached hydrogen (secondary N) is 2. The molecule has 1 aromatic carbocycles. The Hall–Kier alpha value is -3.15. The van der Waals surface area contributed by atoms with Crippen LogP contribution in [0, 0.1) is 0 Å². The lowest BCUT2D eigenvalue weighted by molar-refractivity contribution is -0.126. The summed E-state index contributed by atoms with van der Waals surface area (Å²) < 4.78 is 14.8. The fourth-order valence-corrected chi connectivity index (χ4v) is 4.25. The highest BCUT2D eigenvalue weighted by Gasteiger charge is 2.28. The van der Waals surface area contributed by atoms with Crippen molar-refractivity contribution in [2.24, 2.45) is 0 Å². The van der Waals surface area contributed by atoms with Gasteiger partial charge < -0.3 is 15.2 Å². The van der Waals surface area contributed by atoms with Crippen LogP contribution in [0.1, 0.15) is 68.3 Å². The molecule has 170 valence electrons. The van der Waals surface area contributed by atoms with Gasteiger partial charge in [0.25, 0.3) is 11.7 Å². The summed E-state index contributed by atoms with van der Waals surface area (Å²) in [6.07, 6.45) is 7.76. The molecule has 2 N–H and O–H groups in total. The van der Waals surface area contributed by atoms with Crippen molar-refractivity contribution < 1.29 is 14.0 Å². The van der Waals surface area contributed by atoms with E-state index >= 15 is 0 Å². The van der Waals surface area contributed by atoms with E-state index in [4.69, 9.17) is 0 Å². The van der Waals surface area contributed by atoms with E-state index in [1.807, 2.05) is 31.2 Å². The van der Waals surface area contributed by atoms with E-state index in [9.17, 15) is 14.0 Å². The van der Waals surface area contributed by atoms with E-state index in [0.29, 0.717) is 30.1 Å². The summed E-state index contributed by atoms with van der Waals surface area (Å²) >= 11 is 0. The van der Waals surface area contributed by atoms with Crippen molar-refractivity contribution >= 4 is 23.2 Å². The van der Waals surface area contributed by atoms with Crippen molar-refractivity contribution in [2.75, 3.05) is 13.1 Å². The van der Waals surface area contributed by atoms with E-state index in [1.165, 1.54) is 11.8 Å². The molecule has 0 bridgehead atoms. The van der Waals surface area contributed by atoms with Crippen molar-refractivity contribution in [1.29, 1.82) is 0 Å². The number of carbonyl (C=O) groups is 2. The highest BCUT2D eigenvalue weighted by atomic mass is 19.1. The molecule has 1 aliphatic heterocycles. The molecule has 1 aliphatic rings. The smallest absolute Gasteiger partial charge is 0.295 e. The number of ketones is 1. The third-order valence-corrected chi connectivity index (χ3v) is 6.03. The maximum absolute atomic E-state index is 14.8. The summed E-state index contributed by atoms with van der Waals surface area (Å²) in [5.74, 6) is -1.27. The van der Waals surface area contributed by atoms with Crippen LogP contribution in [0.2, 0.25) is 0 Å². The number of allylic oxidation sites excluding steroid dienone is 1. The molecule has 3 rings (SSSR count). The van der Waals surface area contributed by atoms with Crippen molar-refractivity contribution in [2.45, 2.75) is 52.4 Å². The molecule has 5 nitrogen and oxygen atoms in total. The maximum Gasteiger partial charge on any atom is 0.295 e. The summed E-state index contributed by atoms with van der Waals surface area (Å²) in [7, 11) is 0. The van der Waals surface area contributed by atoms with E-state index in [-0.39, 0.29) is 17.2 Å². The Morgan fingerprint density at radius 2 is 1.97 bits per heavy atom. The number of rotatable bonds is 6. The van der Waals surface area contributed by atoms with E-state index in [2.05, 4.69) is 22.4 Å². The van der Waals surface area contributed by atoms with Crippen molar-refractivity contribution in [3.63, 3.8) is 0 Å². The number of hydrogen-bond acceptors (Lipinski definition) is 3. The summed E-state index contributed by atoms with van der Waals surface area (Å²) in [5.41, 5.74) is 2.04. The second-order valence-corrected chi connectivity index (χ2v) is 8.14. The van der Waals surface area contributed by atoms with Crippen LogP contribution < -0.4 is 15.9 Å². The van der Waals surface area contributed by atoms with Gasteiger partial charge in [0.05, 0.1) is 10.9 Å². The van der Waals surface area contributed by atoms with Gasteiger partial charge in [0, 0.05) is 30.2 Å². The van der Waals surface area contributed by atoms with E-state index in [0.717, 1.165) is 19.3 Å². The fourth-order valence-electron chi connectivity index (χ4n) is 4.25. The molecule has 6 heteroatoms. The molecule has 0 spiro atoms. The number of H-pyrrole nitrogens is 1. The molecule has 2 aromatic rings. The molecule has 1 saturated heterocycles. The van der Waals surface area contributed by atoms with E-state index in [1.54, 1.807) is 24.9 Å². The minimum atomic E-state index is -0.664. The SMILES string of the molecule is C/C=C\N/C(C)=c1\[nH]cc(C(=O)C(=O)N2CCCC(c3ccccc3)CC2)\c1=C(/F)CC. The van der Waals surface area contributed by atoms with Crippen LogP contribution in [0.5, 0.6) is 0 Å². The number of aromatic nitrogens is 1. The lowest BCUT2D eigenvalue weighted by Gasteiger charge is -2.19. The number of aromatic amines is 1. The zero-order chi connectivity index (χ0) is 23.1. The number of likely N-dealkylation sites (tertiary alicyclic amines) is 1. The van der Waals surface area contributed by atoms with Crippen molar-refractivity contribution in [3.05, 3.63) is 70.5 Å². The Morgan fingerprint density at radius 1 is 1.22 bits per heavy atom. The predicted molar refractivity (Wildman–Crippen MR) is 126 cm³/mol. The van der Waals surface area contributed by atoms with Gasteiger partial charge in [0.2, 0.25) is 0 Å². The minimum absolute atomic E-state index is 0.0924. The van der Waals surface area contributed by atoms with Gasteiger partial charge in [-0.1, -0.05) is 43.3 Å². The molecular formula is C26H32FN3O2. The Labute approximate surface area is 188 Å². The van der Waals surface area contributed by atoms with E-state index < -0.39 is 17.5 Å². The molecular weight excluding hydrogens is 405 g/mol. The monoisotopic (exact) mass is 437 g/mol. The third kappa shape index (κ3) is 5.18. The summed E-state index contributed by atoms with van der Waals surface area (Å²) in [6, 6.07) is 10.3. The van der Waals surface area contributed by atoms with Crippen LogP contribution in [-0.4, -0.2) is 34.7 Å². The fraction of sp³-hybridized carbons (Fsp3) is 0.385. The standard InChI is InChI=1S/C26H32FN3O2/c1-4-14-28-18(3)24-23(22(27)5-2)21(17-29-24)25(31)26(32)30-15-9-12-20(13-16-30)19-10-7-6-8-11-19/h4,6-8,10-11,14,17,20,28-29H,5,9,12-13,15-16H2,1-3H3/b14-4-,23-22+,24-18-. The molecule has 1 amide bonds.